The van der Waals surface area contributed by atoms with Gasteiger partial charge in [0.05, 0.1) is 0 Å². The number of phenols is 1. The number of rotatable bonds is 5. The maximum absolute atomic E-state index is 11.3. The van der Waals surface area contributed by atoms with E-state index in [2.05, 4.69) is 0 Å². The second-order valence-corrected chi connectivity index (χ2v) is 5.98. The predicted octanol–water partition coefficient (Wildman–Crippen LogP) is 4.41. The number of phenolic OH excluding ortho intramolecular Hbond substituents is 1. The van der Waals surface area contributed by atoms with Crippen LogP contribution in [-0.4, -0.2) is 17.5 Å². The van der Waals surface area contributed by atoms with Crippen LogP contribution in [-0.2, 0) is 11.2 Å². The van der Waals surface area contributed by atoms with Crippen molar-refractivity contribution in [2.45, 2.75) is 20.3 Å². The van der Waals surface area contributed by atoms with E-state index in [0.717, 1.165) is 27.5 Å². The molecular weight excluding hydrogens is 300 g/mol. The zero-order chi connectivity index (χ0) is 17.1. The second-order valence-electron chi connectivity index (χ2n) is 5.98. The fourth-order valence-electron chi connectivity index (χ4n) is 2.94. The van der Waals surface area contributed by atoms with E-state index in [0.29, 0.717) is 12.2 Å². The van der Waals surface area contributed by atoms with Crippen LogP contribution in [0.3, 0.4) is 0 Å². The number of carbonyl (C=O) groups excluding carboxylic acids is 1. The predicted molar refractivity (Wildman–Crippen MR) is 95.8 cm³/mol. The van der Waals surface area contributed by atoms with Gasteiger partial charge in [-0.3, -0.25) is 4.79 Å². The normalized spacial score (nSPS) is 10.8. The van der Waals surface area contributed by atoms with Gasteiger partial charge in [-0.15, -0.1) is 0 Å². The molecule has 122 valence electrons. The summed E-state index contributed by atoms with van der Waals surface area (Å²) in [6.45, 7) is 3.46. The Kier molecular flexibility index (Phi) is 4.52. The molecule has 0 heterocycles. The van der Waals surface area contributed by atoms with Gasteiger partial charge in [-0.25, -0.2) is 0 Å². The van der Waals surface area contributed by atoms with Crippen molar-refractivity contribution < 1.29 is 14.6 Å². The lowest BCUT2D eigenvalue weighted by atomic mass is 9.94. The SMILES string of the molecule is CC(=O)COc1c(C)c(Cc2ccccc2)c(O)c2ccccc12. The van der Waals surface area contributed by atoms with E-state index in [1.54, 1.807) is 0 Å². The van der Waals surface area contributed by atoms with Crippen molar-refractivity contribution in [3.8, 4) is 11.5 Å². The zero-order valence-corrected chi connectivity index (χ0v) is 13.9. The highest BCUT2D eigenvalue weighted by molar-refractivity contribution is 5.96. The highest BCUT2D eigenvalue weighted by atomic mass is 16.5. The molecule has 0 unspecified atom stereocenters. The van der Waals surface area contributed by atoms with Gasteiger partial charge < -0.3 is 9.84 Å². The lowest BCUT2D eigenvalue weighted by molar-refractivity contribution is -0.118. The van der Waals surface area contributed by atoms with Crippen LogP contribution < -0.4 is 4.74 Å². The maximum Gasteiger partial charge on any atom is 0.167 e. The molecule has 0 bridgehead atoms. The van der Waals surface area contributed by atoms with Gasteiger partial charge in [0.25, 0.3) is 0 Å². The molecule has 3 aromatic rings. The van der Waals surface area contributed by atoms with Crippen molar-refractivity contribution in [2.75, 3.05) is 6.61 Å². The fraction of sp³-hybridized carbons (Fsp3) is 0.190. The molecule has 0 atom stereocenters. The molecule has 0 aliphatic heterocycles. The summed E-state index contributed by atoms with van der Waals surface area (Å²) >= 11 is 0. The molecule has 0 aliphatic rings. The van der Waals surface area contributed by atoms with Gasteiger partial charge in [0.15, 0.2) is 5.78 Å². The van der Waals surface area contributed by atoms with Crippen LogP contribution in [0, 0.1) is 6.92 Å². The number of hydrogen-bond donors (Lipinski definition) is 1. The smallest absolute Gasteiger partial charge is 0.167 e. The van der Waals surface area contributed by atoms with E-state index in [9.17, 15) is 9.90 Å². The molecule has 3 rings (SSSR count). The molecule has 24 heavy (non-hydrogen) atoms. The van der Waals surface area contributed by atoms with Crippen molar-refractivity contribution in [3.63, 3.8) is 0 Å². The summed E-state index contributed by atoms with van der Waals surface area (Å²) in [6.07, 6.45) is 0.611. The van der Waals surface area contributed by atoms with Crippen molar-refractivity contribution >= 4 is 16.6 Å². The number of benzene rings is 3. The maximum atomic E-state index is 11.3. The Morgan fingerprint density at radius 3 is 2.29 bits per heavy atom. The summed E-state index contributed by atoms with van der Waals surface area (Å²) in [4.78, 5) is 11.3. The standard InChI is InChI=1S/C21H20O3/c1-14(22)13-24-21-15(2)19(12-16-8-4-3-5-9-16)20(23)17-10-6-7-11-18(17)21/h3-11,23H,12-13H2,1-2H3. The van der Waals surface area contributed by atoms with Crippen molar-refractivity contribution in [1.82, 2.24) is 0 Å². The molecule has 0 spiro atoms. The van der Waals surface area contributed by atoms with Crippen LogP contribution >= 0.6 is 0 Å². The Balaban J connectivity index is 2.16. The van der Waals surface area contributed by atoms with E-state index < -0.39 is 0 Å². The van der Waals surface area contributed by atoms with Crippen molar-refractivity contribution in [3.05, 3.63) is 71.3 Å². The Labute approximate surface area is 141 Å². The van der Waals surface area contributed by atoms with Gasteiger partial charge in [-0.1, -0.05) is 54.6 Å². The number of hydrogen-bond acceptors (Lipinski definition) is 3. The second kappa shape index (κ2) is 6.75. The molecule has 3 aromatic carbocycles. The fourth-order valence-corrected chi connectivity index (χ4v) is 2.94. The van der Waals surface area contributed by atoms with Crippen LogP contribution in [0.2, 0.25) is 0 Å². The molecule has 0 radical (unpaired) electrons. The number of ether oxygens (including phenoxy) is 1. The average Bonchev–Trinajstić information content (AvgIpc) is 2.59. The van der Waals surface area contributed by atoms with Gasteiger partial charge in [0, 0.05) is 22.8 Å². The van der Waals surface area contributed by atoms with Crippen LogP contribution in [0.15, 0.2) is 54.6 Å². The molecule has 0 saturated heterocycles. The summed E-state index contributed by atoms with van der Waals surface area (Å²) in [6, 6.07) is 17.6. The first-order valence-corrected chi connectivity index (χ1v) is 7.97. The third kappa shape index (κ3) is 3.11. The zero-order valence-electron chi connectivity index (χ0n) is 13.9. The van der Waals surface area contributed by atoms with Crippen LogP contribution in [0.5, 0.6) is 11.5 Å². The lowest BCUT2D eigenvalue weighted by Gasteiger charge is -2.18. The molecule has 0 amide bonds. The van der Waals surface area contributed by atoms with E-state index in [-0.39, 0.29) is 18.1 Å². The summed E-state index contributed by atoms with van der Waals surface area (Å²) in [5.74, 6) is 0.919. The monoisotopic (exact) mass is 320 g/mol. The van der Waals surface area contributed by atoms with Gasteiger partial charge in [-0.2, -0.15) is 0 Å². The average molecular weight is 320 g/mol. The first-order chi connectivity index (χ1) is 11.6. The van der Waals surface area contributed by atoms with Crippen LogP contribution in [0.1, 0.15) is 23.6 Å². The number of carbonyl (C=O) groups is 1. The molecular formula is C21H20O3. The number of fused-ring (bicyclic) bond motifs is 1. The number of ketones is 1. The van der Waals surface area contributed by atoms with E-state index in [4.69, 9.17) is 4.74 Å². The van der Waals surface area contributed by atoms with Gasteiger partial charge in [0.2, 0.25) is 0 Å². The lowest BCUT2D eigenvalue weighted by Crippen LogP contribution is -2.09. The minimum absolute atomic E-state index is 0.0282. The number of aromatic hydroxyl groups is 1. The summed E-state index contributed by atoms with van der Waals surface area (Å²) in [5.41, 5.74) is 2.82. The van der Waals surface area contributed by atoms with Crippen molar-refractivity contribution in [2.24, 2.45) is 0 Å². The molecule has 0 saturated carbocycles. The quantitative estimate of drug-likeness (QED) is 0.757. The highest BCUT2D eigenvalue weighted by Crippen LogP contribution is 2.40. The largest absolute Gasteiger partial charge is 0.507 e. The van der Waals surface area contributed by atoms with Gasteiger partial charge >= 0.3 is 0 Å². The third-order valence-corrected chi connectivity index (χ3v) is 4.15. The molecule has 3 heteroatoms. The van der Waals surface area contributed by atoms with Crippen LogP contribution in [0.4, 0.5) is 0 Å². The summed E-state index contributed by atoms with van der Waals surface area (Å²) in [7, 11) is 0. The third-order valence-electron chi connectivity index (χ3n) is 4.15. The van der Waals surface area contributed by atoms with Crippen LogP contribution in [0.25, 0.3) is 10.8 Å². The molecule has 0 fully saturated rings. The first kappa shape index (κ1) is 16.1. The van der Waals surface area contributed by atoms with E-state index in [1.165, 1.54) is 6.92 Å². The molecule has 0 aromatic heterocycles. The number of Topliss-reactive ketones (excluding diaryl/α,β-unsaturated/α-hetero) is 1. The molecule has 3 nitrogen and oxygen atoms in total. The topological polar surface area (TPSA) is 46.5 Å². The van der Waals surface area contributed by atoms with Gasteiger partial charge in [-0.05, 0) is 25.0 Å². The first-order valence-electron chi connectivity index (χ1n) is 7.97. The minimum atomic E-state index is -0.0313. The molecule has 0 aliphatic carbocycles. The Bertz CT molecular complexity index is 882. The highest BCUT2D eigenvalue weighted by Gasteiger charge is 2.18. The van der Waals surface area contributed by atoms with Crippen molar-refractivity contribution in [1.29, 1.82) is 0 Å². The van der Waals surface area contributed by atoms with E-state index >= 15 is 0 Å². The van der Waals surface area contributed by atoms with Gasteiger partial charge in [0.1, 0.15) is 18.1 Å². The summed E-state index contributed by atoms with van der Waals surface area (Å²) < 4.78 is 5.78. The van der Waals surface area contributed by atoms with E-state index in [1.807, 2.05) is 61.5 Å². The Morgan fingerprint density at radius 2 is 1.62 bits per heavy atom. The summed E-state index contributed by atoms with van der Waals surface area (Å²) in [5, 5.41) is 12.3. The Morgan fingerprint density at radius 1 is 1.00 bits per heavy atom. The minimum Gasteiger partial charge on any atom is -0.507 e. The Hall–Kier alpha value is -2.81. The molecule has 1 N–H and O–H groups in total.